The Balaban J connectivity index is 1.80. The lowest BCUT2D eigenvalue weighted by atomic mass is 9.79. The lowest BCUT2D eigenvalue weighted by Gasteiger charge is -2.31. The zero-order valence-corrected chi connectivity index (χ0v) is 18.4. The van der Waals surface area contributed by atoms with Gasteiger partial charge in [0.25, 0.3) is 5.91 Å². The largest absolute Gasteiger partial charge is 0.456 e. The van der Waals surface area contributed by atoms with Gasteiger partial charge in [0, 0.05) is 22.6 Å². The number of fused-ring (bicyclic) bond motifs is 1. The van der Waals surface area contributed by atoms with Crippen molar-refractivity contribution in [2.24, 2.45) is 0 Å². The zero-order chi connectivity index (χ0) is 21.4. The Morgan fingerprint density at radius 3 is 2.32 bits per heavy atom. The number of amides is 1. The van der Waals surface area contributed by atoms with Crippen LogP contribution in [0.2, 0.25) is 0 Å². The van der Waals surface area contributed by atoms with Crippen LogP contribution in [0.4, 0.5) is 0 Å². The van der Waals surface area contributed by atoms with E-state index in [1.807, 2.05) is 60.7 Å². The van der Waals surface area contributed by atoms with Crippen molar-refractivity contribution < 1.29 is 9.53 Å². The Labute approximate surface area is 190 Å². The SMILES string of the molecule is Cc1ccccc1[C@H]1C(/C=C2\SC(=S)NC2=O)=C(c2ccccc2)Oc2ccccc21. The number of carbonyl (C=O) groups is 1. The van der Waals surface area contributed by atoms with Crippen LogP contribution in [0.25, 0.3) is 5.76 Å². The van der Waals surface area contributed by atoms with Crippen LogP contribution in [0, 0.1) is 6.92 Å². The van der Waals surface area contributed by atoms with Gasteiger partial charge in [0.15, 0.2) is 0 Å². The van der Waals surface area contributed by atoms with E-state index >= 15 is 0 Å². The summed E-state index contributed by atoms with van der Waals surface area (Å²) in [5.74, 6) is 1.34. The standard InChI is InChI=1S/C26H19NO2S2/c1-16-9-5-6-12-18(16)23-19-13-7-8-14-21(19)29-24(17-10-3-2-4-11-17)20(23)15-22-25(28)27-26(30)31-22/h2-15,23H,1H3,(H,27,28,30)/b22-15-/t23-/m1/s1. The average Bonchev–Trinajstić information content (AvgIpc) is 3.11. The van der Waals surface area contributed by atoms with E-state index in [4.69, 9.17) is 17.0 Å². The molecule has 0 bridgehead atoms. The Bertz CT molecular complexity index is 1260. The lowest BCUT2D eigenvalue weighted by Crippen LogP contribution is -2.19. The monoisotopic (exact) mass is 441 g/mol. The molecule has 1 fully saturated rings. The molecule has 5 heteroatoms. The number of ether oxygens (including phenoxy) is 1. The van der Waals surface area contributed by atoms with E-state index in [2.05, 4.69) is 36.5 Å². The highest BCUT2D eigenvalue weighted by Crippen LogP contribution is 2.47. The maximum Gasteiger partial charge on any atom is 0.263 e. The number of carbonyl (C=O) groups excluding carboxylic acids is 1. The summed E-state index contributed by atoms with van der Waals surface area (Å²) in [6.07, 6.45) is 1.94. The number of thiocarbonyl (C=S) groups is 1. The second-order valence-corrected chi connectivity index (χ2v) is 9.15. The molecule has 31 heavy (non-hydrogen) atoms. The number of aryl methyl sites for hydroxylation is 1. The molecule has 3 aromatic carbocycles. The Morgan fingerprint density at radius 2 is 1.61 bits per heavy atom. The first kappa shape index (κ1) is 19.8. The summed E-state index contributed by atoms with van der Waals surface area (Å²) in [7, 11) is 0. The number of rotatable bonds is 3. The third kappa shape index (κ3) is 3.71. The number of allylic oxidation sites excluding steroid dienone is 2. The van der Waals surface area contributed by atoms with Gasteiger partial charge in [0.1, 0.15) is 15.8 Å². The summed E-state index contributed by atoms with van der Waals surface area (Å²) < 4.78 is 6.93. The van der Waals surface area contributed by atoms with Gasteiger partial charge in [-0.25, -0.2) is 0 Å². The molecule has 1 saturated heterocycles. The van der Waals surface area contributed by atoms with E-state index in [9.17, 15) is 4.79 Å². The van der Waals surface area contributed by atoms with Crippen LogP contribution in [-0.4, -0.2) is 10.2 Å². The number of hydrogen-bond acceptors (Lipinski definition) is 4. The molecule has 0 aliphatic carbocycles. The highest BCUT2D eigenvalue weighted by Gasteiger charge is 2.33. The first-order valence-corrected chi connectivity index (χ1v) is 11.2. The normalized spacial score (nSPS) is 19.3. The van der Waals surface area contributed by atoms with Crippen molar-refractivity contribution in [1.29, 1.82) is 0 Å². The summed E-state index contributed by atoms with van der Waals surface area (Å²) in [6.45, 7) is 2.12. The number of para-hydroxylation sites is 1. The minimum Gasteiger partial charge on any atom is -0.456 e. The van der Waals surface area contributed by atoms with Crippen LogP contribution >= 0.6 is 24.0 Å². The summed E-state index contributed by atoms with van der Waals surface area (Å²) in [5.41, 5.74) is 5.36. The molecule has 3 aromatic rings. The van der Waals surface area contributed by atoms with E-state index in [1.54, 1.807) is 0 Å². The molecule has 152 valence electrons. The predicted octanol–water partition coefficient (Wildman–Crippen LogP) is 5.96. The lowest BCUT2D eigenvalue weighted by molar-refractivity contribution is -0.115. The fourth-order valence-corrected chi connectivity index (χ4v) is 5.09. The van der Waals surface area contributed by atoms with Crippen LogP contribution < -0.4 is 10.1 Å². The molecule has 3 nitrogen and oxygen atoms in total. The molecule has 0 saturated carbocycles. The molecule has 0 unspecified atom stereocenters. The zero-order valence-electron chi connectivity index (χ0n) is 16.8. The fraction of sp³-hybridized carbons (Fsp3) is 0.0769. The Kier molecular flexibility index (Phi) is 5.22. The van der Waals surface area contributed by atoms with Gasteiger partial charge < -0.3 is 10.1 Å². The van der Waals surface area contributed by atoms with Gasteiger partial charge in [-0.3, -0.25) is 4.79 Å². The molecule has 2 heterocycles. The van der Waals surface area contributed by atoms with Gasteiger partial charge in [0.2, 0.25) is 0 Å². The first-order chi connectivity index (χ1) is 15.1. The van der Waals surface area contributed by atoms with Gasteiger partial charge in [-0.05, 0) is 30.2 Å². The number of nitrogens with one attached hydrogen (secondary N) is 1. The minimum atomic E-state index is -0.169. The van der Waals surface area contributed by atoms with E-state index in [1.165, 1.54) is 22.9 Å². The van der Waals surface area contributed by atoms with E-state index in [0.29, 0.717) is 9.23 Å². The maximum absolute atomic E-state index is 12.5. The van der Waals surface area contributed by atoms with Crippen molar-refractivity contribution in [2.45, 2.75) is 12.8 Å². The van der Waals surface area contributed by atoms with E-state index < -0.39 is 0 Å². The molecule has 0 radical (unpaired) electrons. The molecule has 2 aliphatic rings. The van der Waals surface area contributed by atoms with Crippen LogP contribution in [0.3, 0.4) is 0 Å². The van der Waals surface area contributed by atoms with Gasteiger partial charge in [-0.1, -0.05) is 96.8 Å². The molecule has 1 N–H and O–H groups in total. The molecule has 5 rings (SSSR count). The average molecular weight is 442 g/mol. The second-order valence-electron chi connectivity index (χ2n) is 7.43. The van der Waals surface area contributed by atoms with Crippen molar-refractivity contribution >= 4 is 40.0 Å². The van der Waals surface area contributed by atoms with Crippen LogP contribution in [0.5, 0.6) is 5.75 Å². The number of benzene rings is 3. The topological polar surface area (TPSA) is 38.3 Å². The third-order valence-corrected chi connectivity index (χ3v) is 6.64. The summed E-state index contributed by atoms with van der Waals surface area (Å²) in [4.78, 5) is 13.1. The van der Waals surface area contributed by atoms with Gasteiger partial charge in [-0.2, -0.15) is 0 Å². The van der Waals surface area contributed by atoms with E-state index in [-0.39, 0.29) is 11.8 Å². The smallest absolute Gasteiger partial charge is 0.263 e. The predicted molar refractivity (Wildman–Crippen MR) is 130 cm³/mol. The molecule has 0 aromatic heterocycles. The second kappa shape index (κ2) is 8.17. The maximum atomic E-state index is 12.5. The molecule has 1 atom stereocenters. The molecular formula is C26H19NO2S2. The van der Waals surface area contributed by atoms with Crippen molar-refractivity contribution in [3.63, 3.8) is 0 Å². The van der Waals surface area contributed by atoms with Crippen LogP contribution in [0.15, 0.2) is 95.4 Å². The van der Waals surface area contributed by atoms with Gasteiger partial charge >= 0.3 is 0 Å². The van der Waals surface area contributed by atoms with Crippen LogP contribution in [0.1, 0.15) is 28.2 Å². The summed E-state index contributed by atoms with van der Waals surface area (Å²) >= 11 is 6.50. The van der Waals surface area contributed by atoms with Gasteiger partial charge in [-0.15, -0.1) is 0 Å². The minimum absolute atomic E-state index is 0.0728. The number of hydrogen-bond donors (Lipinski definition) is 1. The Morgan fingerprint density at radius 1 is 0.935 bits per heavy atom. The summed E-state index contributed by atoms with van der Waals surface area (Å²) in [6, 6.07) is 26.5. The number of thioether (sulfide) groups is 1. The highest BCUT2D eigenvalue weighted by atomic mass is 32.2. The molecule has 2 aliphatic heterocycles. The van der Waals surface area contributed by atoms with E-state index in [0.717, 1.165) is 28.2 Å². The molecule has 1 amide bonds. The van der Waals surface area contributed by atoms with Crippen molar-refractivity contribution in [2.75, 3.05) is 0 Å². The van der Waals surface area contributed by atoms with Crippen molar-refractivity contribution in [1.82, 2.24) is 5.32 Å². The first-order valence-electron chi connectivity index (χ1n) is 9.98. The van der Waals surface area contributed by atoms with Crippen LogP contribution in [-0.2, 0) is 4.79 Å². The third-order valence-electron chi connectivity index (χ3n) is 5.48. The van der Waals surface area contributed by atoms with Gasteiger partial charge in [0.05, 0.1) is 4.91 Å². The molecule has 0 spiro atoms. The Hall–Kier alpha value is -3.15. The van der Waals surface area contributed by atoms with Crippen molar-refractivity contribution in [3.05, 3.63) is 118 Å². The summed E-state index contributed by atoms with van der Waals surface area (Å²) in [5, 5.41) is 2.72. The highest BCUT2D eigenvalue weighted by molar-refractivity contribution is 8.26. The van der Waals surface area contributed by atoms with Crippen molar-refractivity contribution in [3.8, 4) is 5.75 Å². The quantitative estimate of drug-likeness (QED) is 0.402. The fourth-order valence-electron chi connectivity index (χ4n) is 4.05. The molecular weight excluding hydrogens is 422 g/mol.